The van der Waals surface area contributed by atoms with Crippen LogP contribution in [0.2, 0.25) is 0 Å². The molecule has 0 aromatic rings. The monoisotopic (exact) mass is 650 g/mol. The molecule has 232 valence electrons. The smallest absolute Gasteiger partial charge is 0.0786 e. The van der Waals surface area contributed by atoms with Crippen LogP contribution < -0.4 is 24.0 Å². The van der Waals surface area contributed by atoms with Crippen LogP contribution in [0.4, 0.5) is 0 Å². The van der Waals surface area contributed by atoms with Crippen molar-refractivity contribution in [2.24, 2.45) is 0 Å². The molecule has 0 aliphatic rings. The first-order chi connectivity index (χ1) is 18.2. The molecule has 0 bridgehead atoms. The van der Waals surface area contributed by atoms with Gasteiger partial charge < -0.3 is 28.5 Å². The Morgan fingerprint density at radius 1 is 0.237 bits per heavy atom. The van der Waals surface area contributed by atoms with E-state index in [1.807, 2.05) is 0 Å². The number of quaternary nitrogens is 1. The summed E-state index contributed by atoms with van der Waals surface area (Å²) in [5, 5.41) is 0. The summed E-state index contributed by atoms with van der Waals surface area (Å²) < 4.78 is 1.46. The van der Waals surface area contributed by atoms with Gasteiger partial charge >= 0.3 is 0 Å². The molecule has 0 aliphatic carbocycles. The fourth-order valence-corrected chi connectivity index (χ4v) is 6.23. The second-order valence-electron chi connectivity index (χ2n) is 12.7. The van der Waals surface area contributed by atoms with E-state index in [0.29, 0.717) is 0 Å². The number of rotatable bonds is 32. The minimum absolute atomic E-state index is 0. The van der Waals surface area contributed by atoms with Crippen molar-refractivity contribution in [3.63, 3.8) is 0 Å². The van der Waals surface area contributed by atoms with Gasteiger partial charge in [0.25, 0.3) is 0 Å². The minimum Gasteiger partial charge on any atom is -1.00 e. The molecular weight excluding hydrogens is 573 g/mol. The summed E-state index contributed by atoms with van der Waals surface area (Å²) in [6.45, 7) is 15.3. The lowest BCUT2D eigenvalue weighted by atomic mass is 10.0. The van der Waals surface area contributed by atoms with Gasteiger partial charge in [0, 0.05) is 0 Å². The molecule has 0 aromatic heterocycles. The molecule has 0 aliphatic heterocycles. The molecule has 0 saturated heterocycles. The summed E-state index contributed by atoms with van der Waals surface area (Å²) in [5.74, 6) is 0. The zero-order valence-corrected chi connectivity index (χ0v) is 29.6. The Balaban J connectivity index is 0. The predicted octanol–water partition coefficient (Wildman–Crippen LogP) is 9.81. The largest absolute Gasteiger partial charge is 1.00 e. The van der Waals surface area contributed by atoms with E-state index in [9.17, 15) is 0 Å². The van der Waals surface area contributed by atoms with Gasteiger partial charge in [0.1, 0.15) is 0 Å². The van der Waals surface area contributed by atoms with Crippen LogP contribution in [0, 0.1) is 0 Å². The third-order valence-corrected chi connectivity index (χ3v) is 8.94. The zero-order chi connectivity index (χ0) is 27.1. The average molecular weight is 650 g/mol. The molecule has 0 saturated carbocycles. The molecule has 0 unspecified atom stereocenters. The van der Waals surface area contributed by atoms with E-state index in [2.05, 4.69) is 27.7 Å². The van der Waals surface area contributed by atoms with Crippen LogP contribution >= 0.6 is 0 Å². The Morgan fingerprint density at radius 2 is 0.421 bits per heavy atom. The Kier molecular flexibility index (Phi) is 36.4. The molecule has 0 N–H and O–H groups in total. The van der Waals surface area contributed by atoms with E-state index in [-0.39, 0.29) is 24.0 Å². The van der Waals surface area contributed by atoms with E-state index in [1.54, 1.807) is 0 Å². The SMILES string of the molecule is CCCCCCCCCCCCCC[N+](CCCC)(CCCC)CCCCCCCCCCCCCC.[I-]. The second kappa shape index (κ2) is 33.9. The number of unbranched alkanes of at least 4 members (excludes halogenated alkanes) is 24. The van der Waals surface area contributed by atoms with Crippen LogP contribution in [0.3, 0.4) is 0 Å². The first-order valence-corrected chi connectivity index (χ1v) is 18.1. The Hall–Kier alpha value is 0.690. The first-order valence-electron chi connectivity index (χ1n) is 18.1. The maximum atomic E-state index is 2.39. The molecule has 1 nitrogen and oxygen atoms in total. The molecule has 2 heteroatoms. The zero-order valence-electron chi connectivity index (χ0n) is 27.5. The molecule has 38 heavy (non-hydrogen) atoms. The highest BCUT2D eigenvalue weighted by atomic mass is 127. The number of halogens is 1. The van der Waals surface area contributed by atoms with Crippen LogP contribution in [0.15, 0.2) is 0 Å². The topological polar surface area (TPSA) is 0 Å². The highest BCUT2D eigenvalue weighted by Crippen LogP contribution is 2.20. The predicted molar refractivity (Wildman–Crippen MR) is 172 cm³/mol. The van der Waals surface area contributed by atoms with Gasteiger partial charge in [-0.1, -0.05) is 169 Å². The van der Waals surface area contributed by atoms with Crippen molar-refractivity contribution in [2.75, 3.05) is 26.2 Å². The molecule has 0 heterocycles. The lowest BCUT2D eigenvalue weighted by molar-refractivity contribution is -0.929. The number of nitrogens with zero attached hydrogens (tertiary/aromatic N) is 1. The third kappa shape index (κ3) is 28.2. The average Bonchev–Trinajstić information content (AvgIpc) is 2.91. The summed E-state index contributed by atoms with van der Waals surface area (Å²) in [4.78, 5) is 0. The van der Waals surface area contributed by atoms with Gasteiger partial charge in [-0.05, 0) is 38.5 Å². The van der Waals surface area contributed by atoms with E-state index in [1.165, 1.54) is 210 Å². The Labute approximate surface area is 261 Å². The normalized spacial score (nSPS) is 11.7. The molecule has 0 spiro atoms. The van der Waals surface area contributed by atoms with Gasteiger partial charge in [0.05, 0.1) is 26.2 Å². The van der Waals surface area contributed by atoms with Crippen molar-refractivity contribution in [1.82, 2.24) is 0 Å². The molecule has 0 radical (unpaired) electrons. The van der Waals surface area contributed by atoms with Crippen LogP contribution in [0.1, 0.15) is 207 Å². The highest BCUT2D eigenvalue weighted by Gasteiger charge is 2.25. The number of hydrogen-bond acceptors (Lipinski definition) is 0. The van der Waals surface area contributed by atoms with E-state index >= 15 is 0 Å². The lowest BCUT2D eigenvalue weighted by Crippen LogP contribution is -3.00. The summed E-state index contributed by atoms with van der Waals surface area (Å²) in [6.07, 6.45) is 40.8. The van der Waals surface area contributed by atoms with E-state index in [0.717, 1.165) is 0 Å². The molecule has 0 fully saturated rings. The third-order valence-electron chi connectivity index (χ3n) is 8.94. The summed E-state index contributed by atoms with van der Waals surface area (Å²) >= 11 is 0. The van der Waals surface area contributed by atoms with Crippen LogP contribution in [-0.2, 0) is 0 Å². The Morgan fingerprint density at radius 3 is 0.658 bits per heavy atom. The lowest BCUT2D eigenvalue weighted by Gasteiger charge is -2.39. The Bertz CT molecular complexity index is 372. The van der Waals surface area contributed by atoms with E-state index in [4.69, 9.17) is 0 Å². The van der Waals surface area contributed by atoms with Crippen LogP contribution in [-0.4, -0.2) is 30.7 Å². The maximum Gasteiger partial charge on any atom is 0.0786 e. The highest BCUT2D eigenvalue weighted by molar-refractivity contribution is 4.54. The van der Waals surface area contributed by atoms with Gasteiger partial charge in [0.15, 0.2) is 0 Å². The van der Waals surface area contributed by atoms with Crippen molar-refractivity contribution >= 4 is 0 Å². The van der Waals surface area contributed by atoms with Crippen LogP contribution in [0.25, 0.3) is 0 Å². The van der Waals surface area contributed by atoms with Crippen LogP contribution in [0.5, 0.6) is 0 Å². The maximum absolute atomic E-state index is 2.39. The van der Waals surface area contributed by atoms with Gasteiger partial charge in [0.2, 0.25) is 0 Å². The van der Waals surface area contributed by atoms with Crippen molar-refractivity contribution in [3.05, 3.63) is 0 Å². The molecular formula is C36H76IN. The van der Waals surface area contributed by atoms with Crippen molar-refractivity contribution in [1.29, 1.82) is 0 Å². The molecule has 0 amide bonds. The van der Waals surface area contributed by atoms with Gasteiger partial charge in [-0.3, -0.25) is 0 Å². The van der Waals surface area contributed by atoms with Crippen molar-refractivity contribution in [3.8, 4) is 0 Å². The second-order valence-corrected chi connectivity index (χ2v) is 12.7. The first kappa shape index (κ1) is 40.8. The standard InChI is InChI=1S/C36H76N.HI/c1-5-9-13-15-17-19-21-23-25-27-29-31-35-37(33-11-7-3,34-12-8-4)36-32-30-28-26-24-22-20-18-16-14-10-6-2;/h5-36H2,1-4H3;1H/q+1;/p-1. The quantitative estimate of drug-likeness (QED) is 0.0387. The molecule has 0 atom stereocenters. The molecule has 0 rings (SSSR count). The van der Waals surface area contributed by atoms with Crippen molar-refractivity contribution < 1.29 is 28.5 Å². The fraction of sp³-hybridized carbons (Fsp3) is 1.00. The minimum atomic E-state index is 0. The summed E-state index contributed by atoms with van der Waals surface area (Å²) in [5.41, 5.74) is 0. The van der Waals surface area contributed by atoms with Crippen molar-refractivity contribution in [2.45, 2.75) is 207 Å². The number of hydrogen-bond donors (Lipinski definition) is 0. The van der Waals surface area contributed by atoms with Gasteiger partial charge in [-0.2, -0.15) is 0 Å². The summed E-state index contributed by atoms with van der Waals surface area (Å²) in [6, 6.07) is 0. The summed E-state index contributed by atoms with van der Waals surface area (Å²) in [7, 11) is 0. The van der Waals surface area contributed by atoms with Gasteiger partial charge in [-0.15, -0.1) is 0 Å². The van der Waals surface area contributed by atoms with Gasteiger partial charge in [-0.25, -0.2) is 0 Å². The fourth-order valence-electron chi connectivity index (χ4n) is 6.23. The van der Waals surface area contributed by atoms with E-state index < -0.39 is 0 Å². The molecule has 0 aromatic carbocycles.